The van der Waals surface area contributed by atoms with Gasteiger partial charge in [-0.2, -0.15) is 0 Å². The van der Waals surface area contributed by atoms with Crippen LogP contribution in [0.4, 0.5) is 4.39 Å². The van der Waals surface area contributed by atoms with Crippen LogP contribution < -0.4 is 5.73 Å². The Morgan fingerprint density at radius 3 is 2.70 bits per heavy atom. The van der Waals surface area contributed by atoms with Crippen molar-refractivity contribution in [2.45, 2.75) is 37.6 Å². The quantitative estimate of drug-likeness (QED) is 0.596. The molecule has 0 radical (unpaired) electrons. The van der Waals surface area contributed by atoms with Gasteiger partial charge in [0, 0.05) is 19.6 Å². The summed E-state index contributed by atoms with van der Waals surface area (Å²) in [6, 6.07) is -0.258. The summed E-state index contributed by atoms with van der Waals surface area (Å²) in [4.78, 5) is 0. The van der Waals surface area contributed by atoms with Gasteiger partial charge >= 0.3 is 0 Å². The third-order valence-corrected chi connectivity index (χ3v) is 2.11. The van der Waals surface area contributed by atoms with E-state index in [2.05, 4.69) is 0 Å². The molecule has 0 aromatic carbocycles. The first kappa shape index (κ1) is 7.95. The van der Waals surface area contributed by atoms with Gasteiger partial charge in [0.05, 0.1) is 6.10 Å². The molecule has 1 saturated carbocycles. The maximum Gasteiger partial charge on any atom is 0.118 e. The molecule has 2 N–H and O–H groups in total. The van der Waals surface area contributed by atoms with Crippen molar-refractivity contribution in [3.8, 4) is 0 Å². The highest BCUT2D eigenvalue weighted by Gasteiger charge is 2.27. The van der Waals surface area contributed by atoms with Gasteiger partial charge in [-0.25, -0.2) is 4.39 Å². The lowest BCUT2D eigenvalue weighted by molar-refractivity contribution is 0.0325. The summed E-state index contributed by atoms with van der Waals surface area (Å²) in [5, 5.41) is 0. The smallest absolute Gasteiger partial charge is 0.118 e. The Bertz CT molecular complexity index is 110. The maximum atomic E-state index is 12.8. The monoisotopic (exact) mass is 147 g/mol. The van der Waals surface area contributed by atoms with Crippen molar-refractivity contribution in [2.75, 3.05) is 7.11 Å². The van der Waals surface area contributed by atoms with Gasteiger partial charge in [-0.15, -0.1) is 0 Å². The maximum absolute atomic E-state index is 12.8. The Morgan fingerprint density at radius 1 is 1.50 bits per heavy atom. The zero-order chi connectivity index (χ0) is 7.56. The fourth-order valence-electron chi connectivity index (χ4n) is 1.32. The van der Waals surface area contributed by atoms with Crippen LogP contribution in [0, 0.1) is 0 Å². The molecule has 0 aromatic heterocycles. The molecule has 3 atom stereocenters. The fourth-order valence-corrected chi connectivity index (χ4v) is 1.32. The zero-order valence-corrected chi connectivity index (χ0v) is 6.22. The van der Waals surface area contributed by atoms with Gasteiger partial charge in [-0.05, 0) is 12.8 Å². The number of alkyl halides is 1. The molecule has 0 bridgehead atoms. The van der Waals surface area contributed by atoms with Crippen LogP contribution >= 0.6 is 0 Å². The highest BCUT2D eigenvalue weighted by molar-refractivity contribution is 4.82. The summed E-state index contributed by atoms with van der Waals surface area (Å²) in [6.45, 7) is 0. The largest absolute Gasteiger partial charge is 0.381 e. The first-order chi connectivity index (χ1) is 4.74. The van der Waals surface area contributed by atoms with Crippen LogP contribution in [0.25, 0.3) is 0 Å². The van der Waals surface area contributed by atoms with Crippen LogP contribution in [-0.2, 0) is 4.74 Å². The minimum atomic E-state index is -0.862. The SMILES string of the molecule is COC1CCC(N)C(F)C1. The molecule has 2 nitrogen and oxygen atoms in total. The number of hydrogen-bond donors (Lipinski definition) is 1. The second-order valence-electron chi connectivity index (χ2n) is 2.85. The van der Waals surface area contributed by atoms with E-state index in [0.717, 1.165) is 12.8 Å². The highest BCUT2D eigenvalue weighted by Crippen LogP contribution is 2.21. The van der Waals surface area contributed by atoms with Crippen LogP contribution in [0.15, 0.2) is 0 Å². The van der Waals surface area contributed by atoms with Gasteiger partial charge in [0.1, 0.15) is 6.17 Å². The van der Waals surface area contributed by atoms with E-state index >= 15 is 0 Å². The summed E-state index contributed by atoms with van der Waals surface area (Å²) >= 11 is 0. The van der Waals surface area contributed by atoms with E-state index in [-0.39, 0.29) is 12.1 Å². The Hall–Kier alpha value is -0.150. The molecule has 1 aliphatic rings. The standard InChI is InChI=1S/C7H14FNO/c1-10-5-2-3-7(9)6(8)4-5/h5-7H,2-4,9H2,1H3. The first-order valence-corrected chi connectivity index (χ1v) is 3.66. The molecule has 0 spiro atoms. The Kier molecular flexibility index (Phi) is 2.63. The van der Waals surface area contributed by atoms with E-state index in [4.69, 9.17) is 10.5 Å². The number of rotatable bonds is 1. The van der Waals surface area contributed by atoms with Crippen LogP contribution in [0.1, 0.15) is 19.3 Å². The minimum Gasteiger partial charge on any atom is -0.381 e. The van der Waals surface area contributed by atoms with Gasteiger partial charge < -0.3 is 10.5 Å². The topological polar surface area (TPSA) is 35.2 Å². The number of halogens is 1. The first-order valence-electron chi connectivity index (χ1n) is 3.66. The van der Waals surface area contributed by atoms with Crippen molar-refractivity contribution in [2.24, 2.45) is 5.73 Å². The van der Waals surface area contributed by atoms with Crippen molar-refractivity contribution < 1.29 is 9.13 Å². The lowest BCUT2D eigenvalue weighted by atomic mass is 9.92. The third kappa shape index (κ3) is 1.67. The van der Waals surface area contributed by atoms with Crippen LogP contribution in [0.5, 0.6) is 0 Å². The van der Waals surface area contributed by atoms with Crippen molar-refractivity contribution in [3.63, 3.8) is 0 Å². The summed E-state index contributed by atoms with van der Waals surface area (Å²) in [7, 11) is 1.62. The van der Waals surface area contributed by atoms with E-state index < -0.39 is 6.17 Å². The van der Waals surface area contributed by atoms with Crippen molar-refractivity contribution in [1.82, 2.24) is 0 Å². The lowest BCUT2D eigenvalue weighted by Crippen LogP contribution is -2.39. The van der Waals surface area contributed by atoms with E-state index in [1.807, 2.05) is 0 Å². The molecule has 60 valence electrons. The molecule has 3 heteroatoms. The predicted octanol–water partition coefficient (Wildman–Crippen LogP) is 0.851. The Morgan fingerprint density at radius 2 is 2.20 bits per heavy atom. The minimum absolute atomic E-state index is 0.0924. The van der Waals surface area contributed by atoms with Gasteiger partial charge in [-0.3, -0.25) is 0 Å². The van der Waals surface area contributed by atoms with E-state index in [1.54, 1.807) is 7.11 Å². The van der Waals surface area contributed by atoms with Crippen molar-refractivity contribution in [3.05, 3.63) is 0 Å². The Labute approximate surface area is 60.5 Å². The summed E-state index contributed by atoms with van der Waals surface area (Å²) in [5.41, 5.74) is 5.46. The van der Waals surface area contributed by atoms with E-state index in [0.29, 0.717) is 6.42 Å². The highest BCUT2D eigenvalue weighted by atomic mass is 19.1. The molecule has 0 amide bonds. The van der Waals surface area contributed by atoms with Gasteiger partial charge in [-0.1, -0.05) is 0 Å². The number of ether oxygens (including phenoxy) is 1. The molecular weight excluding hydrogens is 133 g/mol. The molecule has 1 rings (SSSR count). The number of nitrogens with two attached hydrogens (primary N) is 1. The van der Waals surface area contributed by atoms with Crippen molar-refractivity contribution >= 4 is 0 Å². The van der Waals surface area contributed by atoms with E-state index in [1.165, 1.54) is 0 Å². The van der Waals surface area contributed by atoms with Gasteiger partial charge in [0.2, 0.25) is 0 Å². The normalized spacial score (nSPS) is 41.7. The van der Waals surface area contributed by atoms with Gasteiger partial charge in [0.25, 0.3) is 0 Å². The molecule has 0 aliphatic heterocycles. The second-order valence-corrected chi connectivity index (χ2v) is 2.85. The third-order valence-electron chi connectivity index (χ3n) is 2.11. The number of hydrogen-bond acceptors (Lipinski definition) is 2. The van der Waals surface area contributed by atoms with Crippen LogP contribution in [0.2, 0.25) is 0 Å². The molecule has 1 aliphatic carbocycles. The van der Waals surface area contributed by atoms with Crippen LogP contribution in [-0.4, -0.2) is 25.4 Å². The summed E-state index contributed by atoms with van der Waals surface area (Å²) < 4.78 is 17.8. The predicted molar refractivity (Wildman–Crippen MR) is 37.5 cm³/mol. The molecular formula is C7H14FNO. The molecule has 0 saturated heterocycles. The molecule has 0 heterocycles. The average molecular weight is 147 g/mol. The van der Waals surface area contributed by atoms with Crippen molar-refractivity contribution in [1.29, 1.82) is 0 Å². The second kappa shape index (κ2) is 3.30. The number of methoxy groups -OCH3 is 1. The van der Waals surface area contributed by atoms with E-state index in [9.17, 15) is 4.39 Å². The van der Waals surface area contributed by atoms with Gasteiger partial charge in [0.15, 0.2) is 0 Å². The molecule has 3 unspecified atom stereocenters. The molecule has 0 aromatic rings. The zero-order valence-electron chi connectivity index (χ0n) is 6.22. The Balaban J connectivity index is 2.33. The fraction of sp³-hybridized carbons (Fsp3) is 1.00. The average Bonchev–Trinajstić information content (AvgIpc) is 1.95. The van der Waals surface area contributed by atoms with Crippen LogP contribution in [0.3, 0.4) is 0 Å². The summed E-state index contributed by atoms with van der Waals surface area (Å²) in [6.07, 6.45) is 1.35. The summed E-state index contributed by atoms with van der Waals surface area (Å²) in [5.74, 6) is 0. The lowest BCUT2D eigenvalue weighted by Gasteiger charge is -2.28. The molecule has 1 fully saturated rings. The molecule has 10 heavy (non-hydrogen) atoms.